The molecule has 0 aromatic heterocycles. The van der Waals surface area contributed by atoms with Crippen LogP contribution in [0.5, 0.6) is 0 Å². The van der Waals surface area contributed by atoms with Gasteiger partial charge in [-0.2, -0.15) is 0 Å². The molecule has 0 bridgehead atoms. The molecule has 2 fully saturated rings. The number of hydrogen-bond donors (Lipinski definition) is 1. The third-order valence-corrected chi connectivity index (χ3v) is 7.55. The molecule has 29 heavy (non-hydrogen) atoms. The van der Waals surface area contributed by atoms with Gasteiger partial charge in [-0.1, -0.05) is 53.7 Å². The summed E-state index contributed by atoms with van der Waals surface area (Å²) in [5.41, 5.74) is 1.46. The van der Waals surface area contributed by atoms with Crippen LogP contribution < -0.4 is 0 Å². The lowest BCUT2D eigenvalue weighted by Gasteiger charge is -2.59. The van der Waals surface area contributed by atoms with E-state index >= 15 is 0 Å². The number of carboxylic acids is 1. The quantitative estimate of drug-likeness (QED) is 0.382. The highest BCUT2D eigenvalue weighted by atomic mass is 16.5. The average molecular weight is 407 g/mol. The first-order chi connectivity index (χ1) is 13.3. The lowest BCUT2D eigenvalue weighted by molar-refractivity contribution is -0.166. The SMILES string of the molecule is C=C1CC[C@@H]2C(C)(C)C[C@H](OC(=O)CC(C)C)C[C@@]2(C)[C@H]1CC[C@H](C)CC(=O)O. The maximum atomic E-state index is 12.4. The topological polar surface area (TPSA) is 63.6 Å². The summed E-state index contributed by atoms with van der Waals surface area (Å²) in [6.45, 7) is 17.6. The Labute approximate surface area is 177 Å². The van der Waals surface area contributed by atoms with Crippen LogP contribution in [0.15, 0.2) is 12.2 Å². The largest absolute Gasteiger partial charge is 0.481 e. The highest BCUT2D eigenvalue weighted by Crippen LogP contribution is 2.62. The van der Waals surface area contributed by atoms with Crippen molar-refractivity contribution in [2.75, 3.05) is 0 Å². The molecule has 5 atom stereocenters. The van der Waals surface area contributed by atoms with E-state index < -0.39 is 5.97 Å². The molecule has 0 spiro atoms. The summed E-state index contributed by atoms with van der Waals surface area (Å²) in [6, 6.07) is 0. The van der Waals surface area contributed by atoms with E-state index in [1.807, 2.05) is 20.8 Å². The van der Waals surface area contributed by atoms with Gasteiger partial charge in [-0.3, -0.25) is 9.59 Å². The van der Waals surface area contributed by atoms with Crippen LogP contribution in [0.25, 0.3) is 0 Å². The number of carbonyl (C=O) groups is 2. The summed E-state index contributed by atoms with van der Waals surface area (Å²) in [5, 5.41) is 9.09. The molecule has 0 radical (unpaired) electrons. The molecular weight excluding hydrogens is 364 g/mol. The standard InChI is InChI=1S/C25H42O4/c1-16(2)12-23(28)29-19-14-24(5,6)21-11-9-18(4)20(25(21,7)15-19)10-8-17(3)13-22(26)27/h16-17,19-21H,4,8-15H2,1-3,5-7H3,(H,26,27)/t17-,19-,20-,21+,25-/m0/s1. The number of carboxylic acid groups (broad SMARTS) is 1. The zero-order valence-corrected chi connectivity index (χ0v) is 19.4. The van der Waals surface area contributed by atoms with E-state index in [-0.39, 0.29) is 35.2 Å². The predicted molar refractivity (Wildman–Crippen MR) is 116 cm³/mol. The molecule has 0 saturated heterocycles. The van der Waals surface area contributed by atoms with Crippen molar-refractivity contribution in [3.8, 4) is 0 Å². The van der Waals surface area contributed by atoms with Crippen LogP contribution >= 0.6 is 0 Å². The van der Waals surface area contributed by atoms with Crippen LogP contribution in [0, 0.1) is 34.5 Å². The van der Waals surface area contributed by atoms with Crippen LogP contribution in [0.4, 0.5) is 0 Å². The molecule has 4 heteroatoms. The first kappa shape index (κ1) is 24.0. The second kappa shape index (κ2) is 9.22. The number of ether oxygens (including phenoxy) is 1. The van der Waals surface area contributed by atoms with E-state index in [4.69, 9.17) is 9.84 Å². The Hall–Kier alpha value is -1.32. The first-order valence-electron chi connectivity index (χ1n) is 11.4. The minimum absolute atomic E-state index is 0.0395. The maximum absolute atomic E-state index is 12.4. The summed E-state index contributed by atoms with van der Waals surface area (Å²) in [6.07, 6.45) is 6.55. The van der Waals surface area contributed by atoms with Gasteiger partial charge in [-0.05, 0) is 73.0 Å². The number of hydrogen-bond acceptors (Lipinski definition) is 3. The molecule has 4 nitrogen and oxygen atoms in total. The highest BCUT2D eigenvalue weighted by molar-refractivity contribution is 5.69. The fourth-order valence-electron chi connectivity index (χ4n) is 6.44. The van der Waals surface area contributed by atoms with Crippen molar-refractivity contribution >= 4 is 11.9 Å². The summed E-state index contributed by atoms with van der Waals surface area (Å²) in [5.74, 6) is 0.605. The number of esters is 1. The van der Waals surface area contributed by atoms with Crippen molar-refractivity contribution in [2.24, 2.45) is 34.5 Å². The average Bonchev–Trinajstić information content (AvgIpc) is 2.50. The fourth-order valence-corrected chi connectivity index (χ4v) is 6.44. The van der Waals surface area contributed by atoms with Crippen LogP contribution in [-0.2, 0) is 14.3 Å². The molecule has 0 aromatic rings. The van der Waals surface area contributed by atoms with Gasteiger partial charge in [-0.25, -0.2) is 0 Å². The van der Waals surface area contributed by atoms with Gasteiger partial charge in [0.25, 0.3) is 0 Å². The van der Waals surface area contributed by atoms with Gasteiger partial charge in [0.2, 0.25) is 0 Å². The van der Waals surface area contributed by atoms with E-state index in [1.54, 1.807) is 0 Å². The molecule has 0 heterocycles. The number of carbonyl (C=O) groups excluding carboxylic acids is 1. The van der Waals surface area contributed by atoms with Crippen LogP contribution in [0.3, 0.4) is 0 Å². The van der Waals surface area contributed by atoms with E-state index in [0.29, 0.717) is 24.2 Å². The van der Waals surface area contributed by atoms with Crippen molar-refractivity contribution in [1.82, 2.24) is 0 Å². The molecule has 2 saturated carbocycles. The van der Waals surface area contributed by atoms with E-state index in [1.165, 1.54) is 5.57 Å². The fraction of sp³-hybridized carbons (Fsp3) is 0.840. The Bertz CT molecular complexity index is 620. The van der Waals surface area contributed by atoms with Gasteiger partial charge in [0, 0.05) is 12.8 Å². The highest BCUT2D eigenvalue weighted by Gasteiger charge is 2.55. The van der Waals surface area contributed by atoms with Crippen molar-refractivity contribution in [1.29, 1.82) is 0 Å². The molecule has 0 aromatic carbocycles. The second-order valence-corrected chi connectivity index (χ2v) is 11.2. The Morgan fingerprint density at radius 1 is 1.17 bits per heavy atom. The van der Waals surface area contributed by atoms with Gasteiger partial charge in [0.1, 0.15) is 6.10 Å². The maximum Gasteiger partial charge on any atom is 0.306 e. The molecule has 2 aliphatic carbocycles. The molecule has 0 amide bonds. The van der Waals surface area contributed by atoms with Gasteiger partial charge in [-0.15, -0.1) is 0 Å². The van der Waals surface area contributed by atoms with Gasteiger partial charge in [0.15, 0.2) is 0 Å². The van der Waals surface area contributed by atoms with E-state index in [2.05, 4.69) is 27.4 Å². The van der Waals surface area contributed by atoms with Crippen molar-refractivity contribution in [2.45, 2.75) is 99.0 Å². The number of rotatable bonds is 8. The zero-order valence-electron chi connectivity index (χ0n) is 19.4. The summed E-state index contributed by atoms with van der Waals surface area (Å²) < 4.78 is 5.97. The molecular formula is C25H42O4. The first-order valence-corrected chi connectivity index (χ1v) is 11.4. The lowest BCUT2D eigenvalue weighted by Crippen LogP contribution is -2.53. The number of aliphatic carboxylic acids is 1. The zero-order chi connectivity index (χ0) is 22.0. The Kier molecular flexibility index (Phi) is 7.62. The Morgan fingerprint density at radius 3 is 2.41 bits per heavy atom. The Balaban J connectivity index is 2.18. The normalized spacial score (nSPS) is 32.5. The molecule has 1 N–H and O–H groups in total. The van der Waals surface area contributed by atoms with Crippen molar-refractivity contribution in [3.05, 3.63) is 12.2 Å². The second-order valence-electron chi connectivity index (χ2n) is 11.2. The monoisotopic (exact) mass is 406 g/mol. The summed E-state index contributed by atoms with van der Waals surface area (Å²) >= 11 is 0. The number of fused-ring (bicyclic) bond motifs is 1. The minimum Gasteiger partial charge on any atom is -0.481 e. The van der Waals surface area contributed by atoms with Crippen LogP contribution in [0.2, 0.25) is 0 Å². The summed E-state index contributed by atoms with van der Waals surface area (Å²) in [4.78, 5) is 23.4. The number of allylic oxidation sites excluding steroid dienone is 1. The van der Waals surface area contributed by atoms with Crippen molar-refractivity contribution in [3.63, 3.8) is 0 Å². The third-order valence-electron chi connectivity index (χ3n) is 7.55. The van der Waals surface area contributed by atoms with E-state index in [9.17, 15) is 9.59 Å². The molecule has 0 unspecified atom stereocenters. The van der Waals surface area contributed by atoms with Crippen molar-refractivity contribution < 1.29 is 19.4 Å². The Morgan fingerprint density at radius 2 is 1.83 bits per heavy atom. The molecule has 0 aliphatic heterocycles. The summed E-state index contributed by atoms with van der Waals surface area (Å²) in [7, 11) is 0. The molecule has 2 rings (SSSR count). The van der Waals surface area contributed by atoms with Gasteiger partial charge >= 0.3 is 11.9 Å². The van der Waals surface area contributed by atoms with Crippen LogP contribution in [0.1, 0.15) is 92.9 Å². The molecule has 2 aliphatic rings. The van der Waals surface area contributed by atoms with E-state index in [0.717, 1.165) is 38.5 Å². The smallest absolute Gasteiger partial charge is 0.306 e. The lowest BCUT2D eigenvalue weighted by atomic mass is 9.46. The van der Waals surface area contributed by atoms with Gasteiger partial charge < -0.3 is 9.84 Å². The minimum atomic E-state index is -0.722. The van der Waals surface area contributed by atoms with Gasteiger partial charge in [0.05, 0.1) is 0 Å². The van der Waals surface area contributed by atoms with Crippen LogP contribution in [-0.4, -0.2) is 23.1 Å². The third kappa shape index (κ3) is 5.86. The molecule has 166 valence electrons. The predicted octanol–water partition coefficient (Wildman–Crippen LogP) is 6.24.